The van der Waals surface area contributed by atoms with Crippen LogP contribution in [-0.2, 0) is 12.8 Å². The molecule has 1 N–H and O–H groups in total. The Kier molecular flexibility index (Phi) is 4.49. The van der Waals surface area contributed by atoms with Crippen molar-refractivity contribution in [2.45, 2.75) is 32.2 Å². The normalized spacial score (nSPS) is 15.7. The molecule has 0 amide bonds. The second-order valence-electron chi connectivity index (χ2n) is 4.71. The van der Waals surface area contributed by atoms with Crippen molar-refractivity contribution in [1.29, 1.82) is 0 Å². The molecule has 0 bridgehead atoms. The fraction of sp³-hybridized carbons (Fsp3) is 0.429. The summed E-state index contributed by atoms with van der Waals surface area (Å²) in [5, 5.41) is 3.62. The summed E-state index contributed by atoms with van der Waals surface area (Å²) in [5.41, 5.74) is 1.58. The highest BCUT2D eigenvalue weighted by Gasteiger charge is 2.22. The maximum atomic E-state index is 3.62. The molecule has 0 aliphatic heterocycles. The lowest BCUT2D eigenvalue weighted by Gasteiger charge is -2.14. The zero-order valence-electron chi connectivity index (χ0n) is 10.6. The van der Waals surface area contributed by atoms with Crippen molar-refractivity contribution in [2.75, 3.05) is 6.54 Å². The van der Waals surface area contributed by atoms with E-state index < -0.39 is 0 Å². The van der Waals surface area contributed by atoms with Crippen molar-refractivity contribution in [3.63, 3.8) is 0 Å². The Hall–Kier alpha value is 0.320. The van der Waals surface area contributed by atoms with Crippen molar-refractivity contribution in [3.05, 3.63) is 40.6 Å². The highest BCUT2D eigenvalue weighted by molar-refractivity contribution is 9.13. The van der Waals surface area contributed by atoms with E-state index in [1.165, 1.54) is 32.8 Å². The van der Waals surface area contributed by atoms with Crippen LogP contribution >= 0.6 is 54.5 Å². The number of rotatable bonds is 4. The standard InChI is InChI=1S/C14H15Br2NS2/c1-2-17-13(12-7-9(15)14(16)19-12)11-6-8-4-3-5-10(8)18-11/h6-7,13,17H,2-5H2,1H3. The Morgan fingerprint density at radius 2 is 2.00 bits per heavy atom. The zero-order valence-corrected chi connectivity index (χ0v) is 15.4. The third-order valence-electron chi connectivity index (χ3n) is 3.41. The first-order valence-corrected chi connectivity index (χ1v) is 9.70. The first-order chi connectivity index (χ1) is 9.19. The van der Waals surface area contributed by atoms with Crippen molar-refractivity contribution in [1.82, 2.24) is 5.32 Å². The fourth-order valence-corrected chi connectivity index (χ4v) is 6.16. The number of hydrogen-bond acceptors (Lipinski definition) is 3. The summed E-state index contributed by atoms with van der Waals surface area (Å²) in [4.78, 5) is 4.45. The van der Waals surface area contributed by atoms with Gasteiger partial charge < -0.3 is 5.32 Å². The van der Waals surface area contributed by atoms with Crippen LogP contribution in [0.25, 0.3) is 0 Å². The molecule has 19 heavy (non-hydrogen) atoms. The predicted molar refractivity (Wildman–Crippen MR) is 91.6 cm³/mol. The molecule has 2 aromatic rings. The molecule has 2 aromatic heterocycles. The lowest BCUT2D eigenvalue weighted by molar-refractivity contribution is 0.648. The lowest BCUT2D eigenvalue weighted by atomic mass is 10.1. The molecule has 2 heterocycles. The van der Waals surface area contributed by atoms with Gasteiger partial charge in [-0.3, -0.25) is 0 Å². The van der Waals surface area contributed by atoms with Crippen LogP contribution in [0.5, 0.6) is 0 Å². The summed E-state index contributed by atoms with van der Waals surface area (Å²) < 4.78 is 2.33. The van der Waals surface area contributed by atoms with E-state index in [2.05, 4.69) is 56.2 Å². The summed E-state index contributed by atoms with van der Waals surface area (Å²) >= 11 is 11.0. The van der Waals surface area contributed by atoms with Gasteiger partial charge in [0.1, 0.15) is 0 Å². The quantitative estimate of drug-likeness (QED) is 0.686. The van der Waals surface area contributed by atoms with Gasteiger partial charge in [-0.25, -0.2) is 0 Å². The van der Waals surface area contributed by atoms with Gasteiger partial charge in [-0.05, 0) is 75.4 Å². The smallest absolute Gasteiger partial charge is 0.0843 e. The molecule has 1 aliphatic rings. The van der Waals surface area contributed by atoms with E-state index >= 15 is 0 Å². The lowest BCUT2D eigenvalue weighted by Crippen LogP contribution is -2.20. The monoisotopic (exact) mass is 419 g/mol. The van der Waals surface area contributed by atoms with Gasteiger partial charge in [0, 0.05) is 19.1 Å². The van der Waals surface area contributed by atoms with Gasteiger partial charge in [-0.1, -0.05) is 6.92 Å². The Morgan fingerprint density at radius 1 is 1.21 bits per heavy atom. The Balaban J connectivity index is 1.95. The fourth-order valence-electron chi connectivity index (χ4n) is 2.55. The summed E-state index contributed by atoms with van der Waals surface area (Å²) in [5.74, 6) is 0. The van der Waals surface area contributed by atoms with Crippen LogP contribution in [0.15, 0.2) is 20.4 Å². The van der Waals surface area contributed by atoms with Crippen LogP contribution in [0.2, 0.25) is 0 Å². The molecule has 1 aliphatic carbocycles. The summed E-state index contributed by atoms with van der Waals surface area (Å²) in [6.45, 7) is 3.16. The molecule has 0 spiro atoms. The van der Waals surface area contributed by atoms with Gasteiger partial charge in [-0.2, -0.15) is 0 Å². The van der Waals surface area contributed by atoms with Gasteiger partial charge in [0.2, 0.25) is 0 Å². The Bertz CT molecular complexity index is 547. The molecule has 5 heteroatoms. The highest BCUT2D eigenvalue weighted by Crippen LogP contribution is 2.41. The Labute approximate surface area is 138 Å². The van der Waals surface area contributed by atoms with Gasteiger partial charge >= 0.3 is 0 Å². The summed E-state index contributed by atoms with van der Waals surface area (Å²) in [6.07, 6.45) is 3.88. The van der Waals surface area contributed by atoms with E-state index in [1.54, 1.807) is 10.4 Å². The minimum absolute atomic E-state index is 0.341. The first-order valence-electron chi connectivity index (χ1n) is 6.48. The van der Waals surface area contributed by atoms with Gasteiger partial charge in [-0.15, -0.1) is 22.7 Å². The molecule has 0 fully saturated rings. The molecule has 1 atom stereocenters. The maximum absolute atomic E-state index is 3.62. The van der Waals surface area contributed by atoms with Crippen molar-refractivity contribution >= 4 is 54.5 Å². The molecular weight excluding hydrogens is 406 g/mol. The zero-order chi connectivity index (χ0) is 13.4. The number of halogens is 2. The molecule has 1 unspecified atom stereocenters. The van der Waals surface area contributed by atoms with Crippen LogP contribution in [0.1, 0.15) is 39.6 Å². The molecule has 0 aromatic carbocycles. The minimum atomic E-state index is 0.341. The number of aryl methyl sites for hydroxylation is 2. The highest BCUT2D eigenvalue weighted by atomic mass is 79.9. The van der Waals surface area contributed by atoms with E-state index in [1.807, 2.05) is 22.7 Å². The molecule has 0 radical (unpaired) electrons. The van der Waals surface area contributed by atoms with Crippen LogP contribution in [0.4, 0.5) is 0 Å². The maximum Gasteiger partial charge on any atom is 0.0843 e. The SMILES string of the molecule is CCNC(c1cc(Br)c(Br)s1)c1cc2c(s1)CCC2. The average Bonchev–Trinajstić information content (AvgIpc) is 3.02. The second kappa shape index (κ2) is 5.98. The molecule has 1 nitrogen and oxygen atoms in total. The largest absolute Gasteiger partial charge is 0.305 e. The van der Waals surface area contributed by atoms with E-state index in [0.717, 1.165) is 11.0 Å². The molecule has 102 valence electrons. The van der Waals surface area contributed by atoms with Crippen LogP contribution in [0.3, 0.4) is 0 Å². The molecule has 0 saturated heterocycles. The summed E-state index contributed by atoms with van der Waals surface area (Å²) in [6, 6.07) is 4.99. The van der Waals surface area contributed by atoms with E-state index in [-0.39, 0.29) is 0 Å². The predicted octanol–water partition coefficient (Wildman–Crippen LogP) is 5.52. The number of thiophene rings is 2. The van der Waals surface area contributed by atoms with E-state index in [9.17, 15) is 0 Å². The first kappa shape index (κ1) is 14.3. The topological polar surface area (TPSA) is 12.0 Å². The second-order valence-corrected chi connectivity index (χ2v) is 9.14. The molecule has 0 saturated carbocycles. The van der Waals surface area contributed by atoms with Crippen LogP contribution in [0, 0.1) is 0 Å². The van der Waals surface area contributed by atoms with Crippen molar-refractivity contribution in [2.24, 2.45) is 0 Å². The number of hydrogen-bond donors (Lipinski definition) is 1. The van der Waals surface area contributed by atoms with Crippen LogP contribution < -0.4 is 5.32 Å². The number of fused-ring (bicyclic) bond motifs is 1. The average molecular weight is 421 g/mol. The van der Waals surface area contributed by atoms with E-state index in [0.29, 0.717) is 6.04 Å². The third kappa shape index (κ3) is 2.86. The summed E-state index contributed by atoms with van der Waals surface area (Å²) in [7, 11) is 0. The third-order valence-corrected chi connectivity index (χ3v) is 8.03. The van der Waals surface area contributed by atoms with Crippen LogP contribution in [-0.4, -0.2) is 6.54 Å². The van der Waals surface area contributed by atoms with Gasteiger partial charge in [0.25, 0.3) is 0 Å². The van der Waals surface area contributed by atoms with E-state index in [4.69, 9.17) is 0 Å². The van der Waals surface area contributed by atoms with Crippen molar-refractivity contribution < 1.29 is 0 Å². The minimum Gasteiger partial charge on any atom is -0.305 e. The van der Waals surface area contributed by atoms with Gasteiger partial charge in [0.15, 0.2) is 0 Å². The molecular formula is C14H15Br2NS2. The molecule has 3 rings (SSSR count). The van der Waals surface area contributed by atoms with Crippen molar-refractivity contribution in [3.8, 4) is 0 Å². The number of nitrogens with one attached hydrogen (secondary N) is 1. The van der Waals surface area contributed by atoms with Gasteiger partial charge in [0.05, 0.1) is 9.83 Å². The Morgan fingerprint density at radius 3 is 2.63 bits per heavy atom.